The Labute approximate surface area is 115 Å². The van der Waals surface area contributed by atoms with Crippen molar-refractivity contribution >= 4 is 5.96 Å². The molecule has 1 N–H and O–H groups in total. The summed E-state index contributed by atoms with van der Waals surface area (Å²) in [4.78, 5) is 6.42. The summed E-state index contributed by atoms with van der Waals surface area (Å²) in [6.07, 6.45) is 3.84. The van der Waals surface area contributed by atoms with Crippen molar-refractivity contribution in [3.05, 3.63) is 30.3 Å². The first-order valence-electron chi connectivity index (χ1n) is 6.92. The number of likely N-dealkylation sites (N-methyl/N-ethyl adjacent to an activating group) is 1. The van der Waals surface area contributed by atoms with Gasteiger partial charge in [0.1, 0.15) is 12.4 Å². The Morgan fingerprint density at radius 1 is 1.37 bits per heavy atom. The molecule has 2 rings (SSSR count). The standard InChI is InChI=1S/C15H23N3O/c1-16-15(17-13-7-6-8-13)18(2)11-12-19-14-9-4-3-5-10-14/h3-5,9-10,13H,6-8,11-12H2,1-2H3,(H,16,17). The molecule has 0 saturated heterocycles. The summed E-state index contributed by atoms with van der Waals surface area (Å²) < 4.78 is 5.69. The number of rotatable bonds is 5. The summed E-state index contributed by atoms with van der Waals surface area (Å²) in [6, 6.07) is 10.5. The smallest absolute Gasteiger partial charge is 0.193 e. The van der Waals surface area contributed by atoms with Crippen LogP contribution in [0.15, 0.2) is 35.3 Å². The Morgan fingerprint density at radius 2 is 2.11 bits per heavy atom. The van der Waals surface area contributed by atoms with Crippen molar-refractivity contribution in [2.75, 3.05) is 27.2 Å². The monoisotopic (exact) mass is 261 g/mol. The van der Waals surface area contributed by atoms with E-state index >= 15 is 0 Å². The molecule has 0 amide bonds. The van der Waals surface area contributed by atoms with E-state index in [4.69, 9.17) is 4.74 Å². The lowest BCUT2D eigenvalue weighted by atomic mass is 9.93. The minimum Gasteiger partial charge on any atom is -0.492 e. The predicted molar refractivity (Wildman–Crippen MR) is 78.7 cm³/mol. The molecule has 1 aliphatic rings. The van der Waals surface area contributed by atoms with Crippen molar-refractivity contribution in [2.45, 2.75) is 25.3 Å². The van der Waals surface area contributed by atoms with Gasteiger partial charge in [-0.2, -0.15) is 0 Å². The Hall–Kier alpha value is -1.71. The second-order valence-corrected chi connectivity index (χ2v) is 4.90. The summed E-state index contributed by atoms with van der Waals surface area (Å²) in [7, 11) is 3.87. The van der Waals surface area contributed by atoms with Crippen LogP contribution in [-0.2, 0) is 0 Å². The van der Waals surface area contributed by atoms with Crippen LogP contribution >= 0.6 is 0 Å². The normalized spacial score (nSPS) is 15.8. The van der Waals surface area contributed by atoms with E-state index in [1.807, 2.05) is 44.4 Å². The van der Waals surface area contributed by atoms with E-state index in [1.54, 1.807) is 0 Å². The zero-order valence-corrected chi connectivity index (χ0v) is 11.8. The number of aliphatic imine (C=N–C) groups is 1. The molecule has 1 saturated carbocycles. The third kappa shape index (κ3) is 4.16. The van der Waals surface area contributed by atoms with Gasteiger partial charge in [0.05, 0.1) is 6.54 Å². The molecule has 0 atom stereocenters. The highest BCUT2D eigenvalue weighted by atomic mass is 16.5. The molecule has 4 nitrogen and oxygen atoms in total. The van der Waals surface area contributed by atoms with Gasteiger partial charge in [-0.3, -0.25) is 4.99 Å². The summed E-state index contributed by atoms with van der Waals surface area (Å²) in [5.41, 5.74) is 0. The summed E-state index contributed by atoms with van der Waals surface area (Å²) in [5, 5.41) is 3.47. The van der Waals surface area contributed by atoms with E-state index in [0.29, 0.717) is 12.6 Å². The van der Waals surface area contributed by atoms with E-state index in [1.165, 1.54) is 19.3 Å². The van der Waals surface area contributed by atoms with Crippen LogP contribution in [0.5, 0.6) is 5.75 Å². The van der Waals surface area contributed by atoms with Gasteiger partial charge < -0.3 is 15.0 Å². The topological polar surface area (TPSA) is 36.9 Å². The molecule has 0 radical (unpaired) electrons. The van der Waals surface area contributed by atoms with Gasteiger partial charge in [0.2, 0.25) is 0 Å². The fourth-order valence-corrected chi connectivity index (χ4v) is 2.00. The van der Waals surface area contributed by atoms with Crippen LogP contribution in [0.3, 0.4) is 0 Å². The largest absolute Gasteiger partial charge is 0.492 e. The Kier molecular flexibility index (Phi) is 5.07. The van der Waals surface area contributed by atoms with Gasteiger partial charge in [-0.05, 0) is 31.4 Å². The van der Waals surface area contributed by atoms with Gasteiger partial charge in [0.25, 0.3) is 0 Å². The van der Waals surface area contributed by atoms with Crippen molar-refractivity contribution in [3.8, 4) is 5.75 Å². The maximum Gasteiger partial charge on any atom is 0.193 e. The van der Waals surface area contributed by atoms with E-state index in [0.717, 1.165) is 18.3 Å². The zero-order chi connectivity index (χ0) is 13.5. The number of benzene rings is 1. The van der Waals surface area contributed by atoms with E-state index in [9.17, 15) is 0 Å². The summed E-state index contributed by atoms with van der Waals surface area (Å²) >= 11 is 0. The predicted octanol–water partition coefficient (Wildman–Crippen LogP) is 2.13. The molecule has 4 heteroatoms. The maximum atomic E-state index is 5.69. The van der Waals surface area contributed by atoms with E-state index in [-0.39, 0.29) is 0 Å². The lowest BCUT2D eigenvalue weighted by Crippen LogP contribution is -2.47. The van der Waals surface area contributed by atoms with Crippen molar-refractivity contribution in [2.24, 2.45) is 4.99 Å². The molecule has 104 valence electrons. The molecule has 0 unspecified atom stereocenters. The first kappa shape index (κ1) is 13.7. The van der Waals surface area contributed by atoms with Crippen LogP contribution in [-0.4, -0.2) is 44.1 Å². The second-order valence-electron chi connectivity index (χ2n) is 4.90. The molecule has 0 heterocycles. The average Bonchev–Trinajstić information content (AvgIpc) is 2.39. The van der Waals surface area contributed by atoms with Gasteiger partial charge in [0.15, 0.2) is 5.96 Å². The Balaban J connectivity index is 1.71. The number of nitrogens with one attached hydrogen (secondary N) is 1. The van der Waals surface area contributed by atoms with Gasteiger partial charge in [0, 0.05) is 20.1 Å². The molecule has 1 aliphatic carbocycles. The highest BCUT2D eigenvalue weighted by Gasteiger charge is 2.19. The maximum absolute atomic E-state index is 5.69. The number of hydrogen-bond acceptors (Lipinski definition) is 2. The minimum absolute atomic E-state index is 0.608. The molecule has 0 aromatic heterocycles. The molecular formula is C15H23N3O. The molecule has 1 aromatic rings. The fraction of sp³-hybridized carbons (Fsp3) is 0.533. The van der Waals surface area contributed by atoms with Crippen molar-refractivity contribution < 1.29 is 4.74 Å². The lowest BCUT2D eigenvalue weighted by Gasteiger charge is -2.31. The van der Waals surface area contributed by atoms with Crippen molar-refractivity contribution in [1.82, 2.24) is 10.2 Å². The van der Waals surface area contributed by atoms with Gasteiger partial charge in [-0.15, -0.1) is 0 Å². The molecule has 0 aliphatic heterocycles. The number of ether oxygens (including phenoxy) is 1. The highest BCUT2D eigenvalue weighted by molar-refractivity contribution is 5.80. The minimum atomic E-state index is 0.608. The third-order valence-electron chi connectivity index (χ3n) is 3.45. The molecule has 1 fully saturated rings. The van der Waals surface area contributed by atoms with Gasteiger partial charge in [-0.25, -0.2) is 0 Å². The molecule has 0 bridgehead atoms. The number of para-hydroxylation sites is 1. The molecular weight excluding hydrogens is 238 g/mol. The second kappa shape index (κ2) is 7.02. The van der Waals surface area contributed by atoms with Gasteiger partial charge in [-0.1, -0.05) is 18.2 Å². The van der Waals surface area contributed by atoms with Crippen LogP contribution in [0.4, 0.5) is 0 Å². The van der Waals surface area contributed by atoms with Crippen molar-refractivity contribution in [1.29, 1.82) is 0 Å². The number of nitrogens with zero attached hydrogens (tertiary/aromatic N) is 2. The van der Waals surface area contributed by atoms with E-state index in [2.05, 4.69) is 15.2 Å². The van der Waals surface area contributed by atoms with Crippen molar-refractivity contribution in [3.63, 3.8) is 0 Å². The first-order valence-corrected chi connectivity index (χ1v) is 6.92. The Bertz CT molecular complexity index is 401. The van der Waals surface area contributed by atoms with Crippen LogP contribution in [0.25, 0.3) is 0 Å². The third-order valence-corrected chi connectivity index (χ3v) is 3.45. The van der Waals surface area contributed by atoms with Crippen LogP contribution in [0, 0.1) is 0 Å². The number of hydrogen-bond donors (Lipinski definition) is 1. The average molecular weight is 261 g/mol. The SMILES string of the molecule is CN=C(NC1CCC1)N(C)CCOc1ccccc1. The zero-order valence-electron chi connectivity index (χ0n) is 11.8. The molecule has 1 aromatic carbocycles. The molecule has 19 heavy (non-hydrogen) atoms. The van der Waals surface area contributed by atoms with Gasteiger partial charge >= 0.3 is 0 Å². The van der Waals surface area contributed by atoms with Crippen LogP contribution in [0.1, 0.15) is 19.3 Å². The quantitative estimate of drug-likeness (QED) is 0.651. The first-order chi connectivity index (χ1) is 9.29. The van der Waals surface area contributed by atoms with Crippen LogP contribution < -0.4 is 10.1 Å². The highest BCUT2D eigenvalue weighted by Crippen LogP contribution is 2.18. The van der Waals surface area contributed by atoms with E-state index < -0.39 is 0 Å². The molecule has 0 spiro atoms. The number of guanidine groups is 1. The summed E-state index contributed by atoms with van der Waals surface area (Å²) in [6.45, 7) is 1.48. The van der Waals surface area contributed by atoms with Crippen LogP contribution in [0.2, 0.25) is 0 Å². The lowest BCUT2D eigenvalue weighted by molar-refractivity contribution is 0.276. The summed E-state index contributed by atoms with van der Waals surface area (Å²) in [5.74, 6) is 1.87. The Morgan fingerprint density at radius 3 is 2.68 bits per heavy atom. The fourth-order valence-electron chi connectivity index (χ4n) is 2.00.